The van der Waals surface area contributed by atoms with Gasteiger partial charge in [-0.05, 0) is 25.6 Å². The molecule has 0 radical (unpaired) electrons. The molecule has 0 aromatic carbocycles. The molecule has 1 heterocycles. The van der Waals surface area contributed by atoms with Crippen LogP contribution in [0.2, 0.25) is 0 Å². The number of nitrogens with one attached hydrogen (secondary N) is 1. The molecule has 1 saturated heterocycles. The smallest absolute Gasteiger partial charge is 0.326 e. The molecule has 1 aliphatic rings. The van der Waals surface area contributed by atoms with Crippen molar-refractivity contribution in [3.8, 4) is 0 Å². The van der Waals surface area contributed by atoms with Gasteiger partial charge in [0.05, 0.1) is 0 Å². The van der Waals surface area contributed by atoms with E-state index in [1.165, 1.54) is 0 Å². The Balaban J connectivity index is 2.73. The van der Waals surface area contributed by atoms with Crippen LogP contribution in [0.1, 0.15) is 13.3 Å². The second kappa shape index (κ2) is 3.26. The first-order valence-electron chi connectivity index (χ1n) is 3.78. The van der Waals surface area contributed by atoms with Gasteiger partial charge in [0.1, 0.15) is 6.04 Å². The van der Waals surface area contributed by atoms with Crippen LogP contribution in [0.15, 0.2) is 0 Å². The zero-order valence-electron chi connectivity index (χ0n) is 7.07. The minimum atomic E-state index is -0.812. The van der Waals surface area contributed by atoms with E-state index in [0.717, 1.165) is 0 Å². The topological polar surface area (TPSA) is 52.6 Å². The van der Waals surface area contributed by atoms with Gasteiger partial charge in [-0.15, -0.1) is 0 Å². The zero-order chi connectivity index (χ0) is 9.30. The van der Waals surface area contributed by atoms with Gasteiger partial charge in [-0.25, -0.2) is 4.79 Å². The molecule has 1 rings (SSSR count). The molecular formula is C7H12N2O2S. The molecule has 0 amide bonds. The molecule has 0 bridgehead atoms. The maximum Gasteiger partial charge on any atom is 0.326 e. The van der Waals surface area contributed by atoms with Gasteiger partial charge in [0.15, 0.2) is 5.11 Å². The van der Waals surface area contributed by atoms with E-state index in [2.05, 4.69) is 5.32 Å². The van der Waals surface area contributed by atoms with Crippen LogP contribution in [-0.2, 0) is 4.79 Å². The standard InChI is InChI=1S/C7H12N2O2S/c1-4-3-5(6(10)11)9(2)7(12)8-4/h4-5H,3H2,1-2H3,(H,8,12)(H,10,11)/t4-,5-/m1/s1. The number of rotatable bonds is 1. The molecule has 0 aliphatic carbocycles. The number of carbonyl (C=O) groups is 1. The summed E-state index contributed by atoms with van der Waals surface area (Å²) in [6.45, 7) is 1.93. The third-order valence-corrected chi connectivity index (χ3v) is 2.43. The predicted molar refractivity (Wildman–Crippen MR) is 49.0 cm³/mol. The summed E-state index contributed by atoms with van der Waals surface area (Å²) in [6.07, 6.45) is 0.589. The minimum absolute atomic E-state index is 0.148. The summed E-state index contributed by atoms with van der Waals surface area (Å²) in [7, 11) is 1.69. The number of carboxylic acids is 1. The van der Waals surface area contributed by atoms with E-state index in [4.69, 9.17) is 17.3 Å². The largest absolute Gasteiger partial charge is 0.480 e. The Bertz CT molecular complexity index is 219. The summed E-state index contributed by atoms with van der Waals surface area (Å²) in [5.74, 6) is -0.812. The van der Waals surface area contributed by atoms with Crippen molar-refractivity contribution in [1.29, 1.82) is 0 Å². The number of hydrogen-bond acceptors (Lipinski definition) is 2. The lowest BCUT2D eigenvalue weighted by Gasteiger charge is -2.36. The molecule has 68 valence electrons. The Morgan fingerprint density at radius 3 is 2.92 bits per heavy atom. The van der Waals surface area contributed by atoms with Gasteiger partial charge >= 0.3 is 5.97 Å². The molecule has 0 saturated carbocycles. The summed E-state index contributed by atoms with van der Waals surface area (Å²) in [5, 5.41) is 12.3. The van der Waals surface area contributed by atoms with Crippen molar-refractivity contribution in [2.45, 2.75) is 25.4 Å². The molecular weight excluding hydrogens is 176 g/mol. The second-order valence-corrected chi connectivity index (χ2v) is 3.44. The average Bonchev–Trinajstić information content (AvgIpc) is 1.96. The van der Waals surface area contributed by atoms with Crippen molar-refractivity contribution < 1.29 is 9.90 Å². The lowest BCUT2D eigenvalue weighted by molar-refractivity contribution is -0.142. The average molecular weight is 188 g/mol. The van der Waals surface area contributed by atoms with Crippen LogP contribution < -0.4 is 5.32 Å². The summed E-state index contributed by atoms with van der Waals surface area (Å²) in [6, 6.07) is -0.330. The van der Waals surface area contributed by atoms with E-state index in [1.807, 2.05) is 6.92 Å². The molecule has 12 heavy (non-hydrogen) atoms. The van der Waals surface area contributed by atoms with Gasteiger partial charge in [-0.1, -0.05) is 0 Å². The molecule has 0 aromatic heterocycles. The number of thiocarbonyl (C=S) groups is 1. The van der Waals surface area contributed by atoms with E-state index in [0.29, 0.717) is 11.5 Å². The van der Waals surface area contributed by atoms with Gasteiger partial charge in [-0.3, -0.25) is 0 Å². The van der Waals surface area contributed by atoms with Crippen molar-refractivity contribution >= 4 is 23.3 Å². The quantitative estimate of drug-likeness (QED) is 0.569. The highest BCUT2D eigenvalue weighted by molar-refractivity contribution is 7.80. The molecule has 2 atom stereocenters. The second-order valence-electron chi connectivity index (χ2n) is 3.05. The highest BCUT2D eigenvalue weighted by atomic mass is 32.1. The fourth-order valence-electron chi connectivity index (χ4n) is 1.27. The lowest BCUT2D eigenvalue weighted by atomic mass is 10.1. The lowest BCUT2D eigenvalue weighted by Crippen LogP contribution is -2.56. The Hall–Kier alpha value is -0.840. The zero-order valence-corrected chi connectivity index (χ0v) is 7.89. The Morgan fingerprint density at radius 1 is 1.83 bits per heavy atom. The van der Waals surface area contributed by atoms with Crippen LogP contribution in [0.3, 0.4) is 0 Å². The summed E-state index contributed by atoms with van der Waals surface area (Å²) < 4.78 is 0. The van der Waals surface area contributed by atoms with Crippen LogP contribution in [0, 0.1) is 0 Å². The maximum atomic E-state index is 10.7. The van der Waals surface area contributed by atoms with Crippen molar-refractivity contribution in [2.75, 3.05) is 7.05 Å². The van der Waals surface area contributed by atoms with Crippen molar-refractivity contribution in [1.82, 2.24) is 10.2 Å². The Labute approximate surface area is 76.5 Å². The SMILES string of the molecule is C[C@@H]1C[C@H](C(=O)O)N(C)C(=S)N1. The van der Waals surface area contributed by atoms with Crippen molar-refractivity contribution in [3.63, 3.8) is 0 Å². The van der Waals surface area contributed by atoms with Crippen molar-refractivity contribution in [2.24, 2.45) is 0 Å². The summed E-state index contributed by atoms with van der Waals surface area (Å²) in [4.78, 5) is 12.3. The van der Waals surface area contributed by atoms with E-state index in [1.54, 1.807) is 11.9 Å². The van der Waals surface area contributed by atoms with Crippen LogP contribution >= 0.6 is 12.2 Å². The van der Waals surface area contributed by atoms with Crippen molar-refractivity contribution in [3.05, 3.63) is 0 Å². The molecule has 5 heteroatoms. The van der Waals surface area contributed by atoms with Crippen LogP contribution in [0.4, 0.5) is 0 Å². The molecule has 0 spiro atoms. The van der Waals surface area contributed by atoms with E-state index < -0.39 is 12.0 Å². The molecule has 2 N–H and O–H groups in total. The molecule has 0 unspecified atom stereocenters. The normalized spacial score (nSPS) is 29.8. The molecule has 0 aromatic rings. The number of likely N-dealkylation sites (N-methyl/N-ethyl adjacent to an activating group) is 1. The number of aliphatic carboxylic acids is 1. The summed E-state index contributed by atoms with van der Waals surface area (Å²) in [5.41, 5.74) is 0. The first-order valence-corrected chi connectivity index (χ1v) is 4.19. The van der Waals surface area contributed by atoms with Gasteiger partial charge in [0.25, 0.3) is 0 Å². The van der Waals surface area contributed by atoms with Crippen LogP contribution in [-0.4, -0.2) is 40.2 Å². The van der Waals surface area contributed by atoms with Gasteiger partial charge < -0.3 is 15.3 Å². The Morgan fingerprint density at radius 2 is 2.42 bits per heavy atom. The molecule has 1 fully saturated rings. The highest BCUT2D eigenvalue weighted by Gasteiger charge is 2.31. The third kappa shape index (κ3) is 1.66. The summed E-state index contributed by atoms with van der Waals surface area (Å²) >= 11 is 4.95. The molecule has 4 nitrogen and oxygen atoms in total. The minimum Gasteiger partial charge on any atom is -0.480 e. The van der Waals surface area contributed by atoms with E-state index in [9.17, 15) is 4.79 Å². The Kier molecular flexibility index (Phi) is 2.52. The van der Waals surface area contributed by atoms with E-state index in [-0.39, 0.29) is 6.04 Å². The van der Waals surface area contributed by atoms with Gasteiger partial charge in [0, 0.05) is 13.1 Å². The van der Waals surface area contributed by atoms with Crippen LogP contribution in [0.5, 0.6) is 0 Å². The monoisotopic (exact) mass is 188 g/mol. The highest BCUT2D eigenvalue weighted by Crippen LogP contribution is 2.12. The number of nitrogens with zero attached hydrogens (tertiary/aromatic N) is 1. The maximum absolute atomic E-state index is 10.7. The van der Waals surface area contributed by atoms with E-state index >= 15 is 0 Å². The fraction of sp³-hybridized carbons (Fsp3) is 0.714. The third-order valence-electron chi connectivity index (χ3n) is 2.02. The van der Waals surface area contributed by atoms with Gasteiger partial charge in [-0.2, -0.15) is 0 Å². The predicted octanol–water partition coefficient (Wildman–Crippen LogP) is 0.0381. The first kappa shape index (κ1) is 9.25. The van der Waals surface area contributed by atoms with Gasteiger partial charge in [0.2, 0.25) is 0 Å². The first-order chi connectivity index (χ1) is 5.52. The number of carboxylic acid groups (broad SMARTS) is 1. The molecule has 1 aliphatic heterocycles. The fourth-order valence-corrected chi connectivity index (χ4v) is 1.60. The number of hydrogen-bond donors (Lipinski definition) is 2. The van der Waals surface area contributed by atoms with Crippen LogP contribution in [0.25, 0.3) is 0 Å².